The summed E-state index contributed by atoms with van der Waals surface area (Å²) in [6.45, 7) is 3.14. The second-order valence-electron chi connectivity index (χ2n) is 6.47. The highest BCUT2D eigenvalue weighted by Gasteiger charge is 2.36. The summed E-state index contributed by atoms with van der Waals surface area (Å²) in [5.74, 6) is -2.67. The Hall–Kier alpha value is -3.48. The number of ketones is 2. The van der Waals surface area contributed by atoms with Crippen LogP contribution in [0.3, 0.4) is 0 Å². The van der Waals surface area contributed by atoms with Crippen molar-refractivity contribution < 1.29 is 29.4 Å². The molecule has 0 spiro atoms. The zero-order valence-corrected chi connectivity index (χ0v) is 15.5. The van der Waals surface area contributed by atoms with Crippen LogP contribution in [0.15, 0.2) is 35.5 Å². The van der Waals surface area contributed by atoms with Gasteiger partial charge in [0.2, 0.25) is 0 Å². The average molecular weight is 381 g/mol. The molecule has 2 aromatic rings. The number of phenolic OH excluding ortho intramolecular Hbond substituents is 2. The number of rotatable bonds is 5. The summed E-state index contributed by atoms with van der Waals surface area (Å²) in [6, 6.07) is 7.40. The number of carbonyl (C=O) groups excluding carboxylic acids is 3. The van der Waals surface area contributed by atoms with E-state index in [-0.39, 0.29) is 33.5 Å². The van der Waals surface area contributed by atoms with Crippen molar-refractivity contribution in [3.8, 4) is 11.5 Å². The van der Waals surface area contributed by atoms with Gasteiger partial charge in [0, 0.05) is 23.6 Å². The third-order valence-corrected chi connectivity index (χ3v) is 4.51. The lowest BCUT2D eigenvalue weighted by molar-refractivity contribution is -0.140. The molecule has 0 aliphatic heterocycles. The number of hydrogen-bond acceptors (Lipinski definition) is 7. The number of benzene rings is 2. The Labute approximate surface area is 161 Å². The van der Waals surface area contributed by atoms with Crippen molar-refractivity contribution in [2.24, 2.45) is 5.16 Å². The summed E-state index contributed by atoms with van der Waals surface area (Å²) in [5.41, 5.74) is 0.0531. The molecule has 0 aromatic heterocycles. The lowest BCUT2D eigenvalue weighted by atomic mass is 9.81. The first-order valence-electron chi connectivity index (χ1n) is 8.89. The van der Waals surface area contributed by atoms with E-state index < -0.39 is 29.0 Å². The van der Waals surface area contributed by atoms with Crippen molar-refractivity contribution >= 4 is 23.2 Å². The fourth-order valence-corrected chi connectivity index (χ4v) is 3.17. The highest BCUT2D eigenvalue weighted by molar-refractivity contribution is 6.31. The van der Waals surface area contributed by atoms with Crippen LogP contribution in [0.5, 0.6) is 11.5 Å². The minimum absolute atomic E-state index is 0.0477. The zero-order chi connectivity index (χ0) is 20.4. The summed E-state index contributed by atoms with van der Waals surface area (Å²) in [4.78, 5) is 41.5. The van der Waals surface area contributed by atoms with Crippen LogP contribution in [-0.4, -0.2) is 33.5 Å². The molecule has 2 N–H and O–H groups in total. The predicted octanol–water partition coefficient (Wildman–Crippen LogP) is 3.33. The molecule has 0 fully saturated rings. The Morgan fingerprint density at radius 1 is 1.07 bits per heavy atom. The van der Waals surface area contributed by atoms with Gasteiger partial charge in [-0.2, -0.15) is 0 Å². The van der Waals surface area contributed by atoms with Gasteiger partial charge in [0.1, 0.15) is 11.5 Å². The predicted molar refractivity (Wildman–Crippen MR) is 101 cm³/mol. The molecule has 0 amide bonds. The van der Waals surface area contributed by atoms with E-state index in [2.05, 4.69) is 5.16 Å². The molecule has 0 saturated heterocycles. The van der Waals surface area contributed by atoms with Crippen molar-refractivity contribution in [2.75, 3.05) is 0 Å². The van der Waals surface area contributed by atoms with Crippen LogP contribution >= 0.6 is 0 Å². The van der Waals surface area contributed by atoms with Crippen LogP contribution < -0.4 is 0 Å². The van der Waals surface area contributed by atoms with Crippen LogP contribution in [-0.2, 0) is 9.63 Å². The maximum absolute atomic E-state index is 12.9. The molecule has 0 heterocycles. The summed E-state index contributed by atoms with van der Waals surface area (Å²) < 4.78 is 0. The first kappa shape index (κ1) is 19.3. The third kappa shape index (κ3) is 3.26. The van der Waals surface area contributed by atoms with Gasteiger partial charge >= 0.3 is 5.97 Å². The van der Waals surface area contributed by atoms with Crippen molar-refractivity contribution in [1.29, 1.82) is 0 Å². The van der Waals surface area contributed by atoms with E-state index in [1.165, 1.54) is 25.1 Å². The Bertz CT molecular complexity index is 1020. The number of carbonyl (C=O) groups is 3. The molecule has 1 aliphatic carbocycles. The molecule has 0 unspecified atom stereocenters. The maximum atomic E-state index is 12.9. The Balaban J connectivity index is 2.20. The smallest absolute Gasteiger partial charge is 0.331 e. The molecule has 3 rings (SSSR count). The highest BCUT2D eigenvalue weighted by atomic mass is 16.7. The first-order valence-corrected chi connectivity index (χ1v) is 8.89. The Morgan fingerprint density at radius 2 is 1.68 bits per heavy atom. The van der Waals surface area contributed by atoms with E-state index in [0.29, 0.717) is 12.8 Å². The molecule has 0 bridgehead atoms. The molecular formula is C21H19NO6. The van der Waals surface area contributed by atoms with Gasteiger partial charge in [-0.3, -0.25) is 9.59 Å². The second-order valence-corrected chi connectivity index (χ2v) is 6.47. The second kappa shape index (κ2) is 7.64. The van der Waals surface area contributed by atoms with Gasteiger partial charge in [0.25, 0.3) is 0 Å². The van der Waals surface area contributed by atoms with Gasteiger partial charge in [-0.15, -0.1) is 0 Å². The number of hydrogen-bond donors (Lipinski definition) is 2. The lowest BCUT2D eigenvalue weighted by Gasteiger charge is -2.21. The van der Waals surface area contributed by atoms with E-state index in [4.69, 9.17) is 4.84 Å². The van der Waals surface area contributed by atoms with Gasteiger partial charge < -0.3 is 15.1 Å². The Kier molecular flexibility index (Phi) is 5.26. The van der Waals surface area contributed by atoms with Gasteiger partial charge in [0.05, 0.1) is 16.8 Å². The summed E-state index contributed by atoms with van der Waals surface area (Å²) in [7, 11) is 0. The van der Waals surface area contributed by atoms with Crippen LogP contribution in [0.2, 0.25) is 0 Å². The van der Waals surface area contributed by atoms with Gasteiger partial charge in [0.15, 0.2) is 11.6 Å². The fraction of sp³-hybridized carbons (Fsp3) is 0.238. The fourth-order valence-electron chi connectivity index (χ4n) is 3.17. The van der Waals surface area contributed by atoms with Gasteiger partial charge in [-0.25, -0.2) is 4.79 Å². The number of fused-ring (bicyclic) bond motifs is 2. The topological polar surface area (TPSA) is 113 Å². The molecule has 144 valence electrons. The van der Waals surface area contributed by atoms with E-state index in [1.807, 2.05) is 6.92 Å². The molecule has 0 radical (unpaired) electrons. The number of aromatic hydroxyl groups is 2. The molecular weight excluding hydrogens is 362 g/mol. The molecule has 2 aromatic carbocycles. The number of oxime groups is 1. The average Bonchev–Trinajstić information content (AvgIpc) is 2.67. The molecule has 7 nitrogen and oxygen atoms in total. The number of phenols is 2. The van der Waals surface area contributed by atoms with Gasteiger partial charge in [-0.05, 0) is 18.9 Å². The standard InChI is InChI=1S/C21H19NO6/c1-3-4-9-15(22-28-11(2)23)14-10-16(24)17-18(21(14)27)20(26)13-8-6-5-7-12(13)19(17)25/h5-8,10,24,27H,3-4,9H2,1-2H3/b22-15+. The SMILES string of the molecule is CCCC/C(=N\OC(C)=O)c1cc(O)c2c(c1O)C(=O)c1ccccc1C2=O. The zero-order valence-electron chi connectivity index (χ0n) is 15.5. The van der Waals surface area contributed by atoms with Crippen LogP contribution in [0.1, 0.15) is 70.5 Å². The Morgan fingerprint density at radius 3 is 2.25 bits per heavy atom. The van der Waals surface area contributed by atoms with Crippen LogP contribution in [0.4, 0.5) is 0 Å². The molecule has 1 aliphatic rings. The minimum Gasteiger partial charge on any atom is -0.507 e. The normalized spacial score (nSPS) is 13.1. The van der Waals surface area contributed by atoms with Crippen LogP contribution in [0, 0.1) is 0 Å². The summed E-state index contributed by atoms with van der Waals surface area (Å²) >= 11 is 0. The quantitative estimate of drug-likeness (QED) is 0.303. The first-order chi connectivity index (χ1) is 13.4. The maximum Gasteiger partial charge on any atom is 0.331 e. The van der Waals surface area contributed by atoms with E-state index >= 15 is 0 Å². The van der Waals surface area contributed by atoms with Crippen molar-refractivity contribution in [1.82, 2.24) is 0 Å². The summed E-state index contributed by atoms with van der Waals surface area (Å²) in [5, 5.41) is 25.1. The lowest BCUT2D eigenvalue weighted by Crippen LogP contribution is -2.22. The highest BCUT2D eigenvalue weighted by Crippen LogP contribution is 2.40. The van der Waals surface area contributed by atoms with E-state index in [9.17, 15) is 24.6 Å². The van der Waals surface area contributed by atoms with Crippen molar-refractivity contribution in [3.63, 3.8) is 0 Å². The van der Waals surface area contributed by atoms with E-state index in [1.54, 1.807) is 12.1 Å². The van der Waals surface area contributed by atoms with Crippen molar-refractivity contribution in [2.45, 2.75) is 33.1 Å². The number of nitrogens with zero attached hydrogens (tertiary/aromatic N) is 1. The van der Waals surface area contributed by atoms with Crippen molar-refractivity contribution in [3.05, 3.63) is 58.1 Å². The molecule has 0 atom stereocenters. The summed E-state index contributed by atoms with van der Waals surface area (Å²) in [6.07, 6.45) is 1.82. The van der Waals surface area contributed by atoms with E-state index in [0.717, 1.165) is 6.42 Å². The monoisotopic (exact) mass is 381 g/mol. The minimum atomic E-state index is -0.643. The van der Waals surface area contributed by atoms with Gasteiger partial charge in [-0.1, -0.05) is 42.8 Å². The van der Waals surface area contributed by atoms with Crippen LogP contribution in [0.25, 0.3) is 0 Å². The molecule has 0 saturated carbocycles. The molecule has 28 heavy (non-hydrogen) atoms. The molecule has 7 heteroatoms. The third-order valence-electron chi connectivity index (χ3n) is 4.51. The largest absolute Gasteiger partial charge is 0.507 e. The number of unbranched alkanes of at least 4 members (excludes halogenated alkanes) is 1.